The minimum Gasteiger partial charge on any atom is -0.462 e. The number of anilines is 1. The van der Waals surface area contributed by atoms with Gasteiger partial charge in [-0.1, -0.05) is 25.3 Å². The van der Waals surface area contributed by atoms with Crippen molar-refractivity contribution in [1.82, 2.24) is 5.32 Å². The molecule has 0 amide bonds. The first-order valence-electron chi connectivity index (χ1n) is 10.8. The maximum Gasteiger partial charge on any atom is 0.341 e. The Balaban J connectivity index is 1.56. The number of benzene rings is 1. The van der Waals surface area contributed by atoms with Crippen LogP contribution < -0.4 is 20.1 Å². The molecule has 1 aromatic heterocycles. The summed E-state index contributed by atoms with van der Waals surface area (Å²) in [6.45, 7) is 4.40. The normalized spacial score (nSPS) is 15.5. The van der Waals surface area contributed by atoms with E-state index >= 15 is 0 Å². The lowest BCUT2D eigenvalue weighted by Gasteiger charge is -2.24. The number of esters is 1. The van der Waals surface area contributed by atoms with Gasteiger partial charge in [-0.15, -0.1) is 11.3 Å². The van der Waals surface area contributed by atoms with Gasteiger partial charge in [-0.25, -0.2) is 4.79 Å². The molecule has 1 aromatic carbocycles. The number of carbonyl (C=O) groups is 1. The zero-order chi connectivity index (χ0) is 21.8. The van der Waals surface area contributed by atoms with E-state index in [0.29, 0.717) is 29.7 Å². The molecule has 6 nitrogen and oxygen atoms in total. The third-order valence-electron chi connectivity index (χ3n) is 5.67. The topological polar surface area (TPSA) is 68.8 Å². The Bertz CT molecular complexity index is 967. The lowest BCUT2D eigenvalue weighted by molar-refractivity contribution is 0.0527. The zero-order valence-corrected chi connectivity index (χ0v) is 19.5. The van der Waals surface area contributed by atoms with Crippen LogP contribution in [0.2, 0.25) is 0 Å². The van der Waals surface area contributed by atoms with Crippen LogP contribution in [0.1, 0.15) is 65.4 Å². The van der Waals surface area contributed by atoms with Crippen molar-refractivity contribution in [3.05, 3.63) is 39.8 Å². The van der Waals surface area contributed by atoms with E-state index in [4.69, 9.17) is 26.4 Å². The summed E-state index contributed by atoms with van der Waals surface area (Å²) in [6.07, 6.45) is 6.60. The molecule has 2 N–H and O–H groups in total. The predicted molar refractivity (Wildman–Crippen MR) is 127 cm³/mol. The van der Waals surface area contributed by atoms with Crippen LogP contribution in [-0.4, -0.2) is 30.5 Å². The SMILES string of the molecule is CCOC(=O)c1c(NC(=S)NC2CCCCC2)sc(C)c1Cc1ccc2c(c1)OCO2. The molecule has 1 aliphatic heterocycles. The quantitative estimate of drug-likeness (QED) is 0.455. The molecule has 0 atom stereocenters. The van der Waals surface area contributed by atoms with Crippen molar-refractivity contribution in [3.63, 3.8) is 0 Å². The maximum atomic E-state index is 12.9. The fourth-order valence-electron chi connectivity index (χ4n) is 4.13. The van der Waals surface area contributed by atoms with Gasteiger partial charge in [0.25, 0.3) is 0 Å². The maximum absolute atomic E-state index is 12.9. The van der Waals surface area contributed by atoms with Crippen molar-refractivity contribution in [1.29, 1.82) is 0 Å². The average molecular weight is 461 g/mol. The smallest absolute Gasteiger partial charge is 0.341 e. The Morgan fingerprint density at radius 2 is 2.00 bits per heavy atom. The van der Waals surface area contributed by atoms with Crippen LogP contribution in [0.25, 0.3) is 0 Å². The first kappa shape index (κ1) is 21.9. The predicted octanol–water partition coefficient (Wildman–Crippen LogP) is 5.17. The number of hydrogen-bond donors (Lipinski definition) is 2. The summed E-state index contributed by atoms with van der Waals surface area (Å²) >= 11 is 7.10. The van der Waals surface area contributed by atoms with Gasteiger partial charge in [-0.2, -0.15) is 0 Å². The molecule has 0 spiro atoms. The van der Waals surface area contributed by atoms with Crippen LogP contribution in [0.4, 0.5) is 5.00 Å². The van der Waals surface area contributed by atoms with E-state index in [1.165, 1.54) is 30.6 Å². The Kier molecular flexibility index (Phi) is 6.97. The van der Waals surface area contributed by atoms with Gasteiger partial charge in [0, 0.05) is 10.9 Å². The minimum atomic E-state index is -0.328. The number of ether oxygens (including phenoxy) is 3. The van der Waals surface area contributed by atoms with Gasteiger partial charge in [0.05, 0.1) is 12.2 Å². The largest absolute Gasteiger partial charge is 0.462 e. The molecule has 0 bridgehead atoms. The van der Waals surface area contributed by atoms with Crippen molar-refractivity contribution in [2.75, 3.05) is 18.7 Å². The summed E-state index contributed by atoms with van der Waals surface area (Å²) < 4.78 is 16.3. The van der Waals surface area contributed by atoms with Crippen molar-refractivity contribution in [3.8, 4) is 11.5 Å². The number of fused-ring (bicyclic) bond motifs is 1. The Morgan fingerprint density at radius 1 is 1.23 bits per heavy atom. The van der Waals surface area contributed by atoms with E-state index in [0.717, 1.165) is 45.3 Å². The Hall–Kier alpha value is -2.32. The van der Waals surface area contributed by atoms with Crippen LogP contribution >= 0.6 is 23.6 Å². The first-order chi connectivity index (χ1) is 15.0. The number of hydrogen-bond acceptors (Lipinski definition) is 6. The number of rotatable bonds is 6. The number of carbonyl (C=O) groups excluding carboxylic acids is 1. The van der Waals surface area contributed by atoms with E-state index in [1.54, 1.807) is 0 Å². The average Bonchev–Trinajstić information content (AvgIpc) is 3.33. The Labute approximate surface area is 192 Å². The lowest BCUT2D eigenvalue weighted by Crippen LogP contribution is -2.38. The summed E-state index contributed by atoms with van der Waals surface area (Å²) in [5, 5.41) is 8.00. The van der Waals surface area contributed by atoms with Crippen LogP contribution in [0.3, 0.4) is 0 Å². The van der Waals surface area contributed by atoms with Crippen LogP contribution in [-0.2, 0) is 11.2 Å². The second-order valence-corrected chi connectivity index (χ2v) is 9.49. The molecule has 8 heteroatoms. The molecule has 1 aliphatic carbocycles. The van der Waals surface area contributed by atoms with Gasteiger partial charge in [-0.3, -0.25) is 0 Å². The van der Waals surface area contributed by atoms with Crippen LogP contribution in [0, 0.1) is 6.92 Å². The summed E-state index contributed by atoms with van der Waals surface area (Å²) in [6, 6.07) is 6.28. The second kappa shape index (κ2) is 9.87. The molecule has 4 rings (SSSR count). The van der Waals surface area contributed by atoms with E-state index in [1.807, 2.05) is 32.0 Å². The minimum absolute atomic E-state index is 0.240. The molecular formula is C23H28N2O4S2. The molecule has 0 unspecified atom stereocenters. The number of thiophene rings is 1. The lowest BCUT2D eigenvalue weighted by atomic mass is 9.96. The molecule has 0 saturated heterocycles. The molecule has 2 aliphatic rings. The van der Waals surface area contributed by atoms with Crippen molar-refractivity contribution in [2.24, 2.45) is 0 Å². The van der Waals surface area contributed by atoms with Crippen molar-refractivity contribution >= 4 is 39.6 Å². The number of aryl methyl sites for hydroxylation is 1. The standard InChI is InChI=1S/C23H28N2O4S2/c1-3-27-22(26)20-17(11-15-9-10-18-19(12-15)29-13-28-18)14(2)31-21(20)25-23(30)24-16-7-5-4-6-8-16/h9-10,12,16H,3-8,11,13H2,1-2H3,(H2,24,25,30). The molecular weight excluding hydrogens is 432 g/mol. The third-order valence-corrected chi connectivity index (χ3v) is 6.96. The highest BCUT2D eigenvalue weighted by Crippen LogP contribution is 2.37. The van der Waals surface area contributed by atoms with Gasteiger partial charge >= 0.3 is 5.97 Å². The third kappa shape index (κ3) is 5.13. The second-order valence-electron chi connectivity index (χ2n) is 7.86. The highest BCUT2D eigenvalue weighted by atomic mass is 32.1. The molecule has 31 heavy (non-hydrogen) atoms. The van der Waals surface area contributed by atoms with E-state index in [9.17, 15) is 4.79 Å². The number of nitrogens with one attached hydrogen (secondary N) is 2. The van der Waals surface area contributed by atoms with Crippen molar-refractivity contribution < 1.29 is 19.0 Å². The molecule has 1 fully saturated rings. The fraction of sp³-hybridized carbons (Fsp3) is 0.478. The number of thiocarbonyl (C=S) groups is 1. The van der Waals surface area contributed by atoms with Crippen molar-refractivity contribution in [2.45, 2.75) is 58.4 Å². The zero-order valence-electron chi connectivity index (χ0n) is 17.9. The molecule has 2 heterocycles. The van der Waals surface area contributed by atoms with Gasteiger partial charge in [-0.05, 0) is 68.6 Å². The summed E-state index contributed by atoms with van der Waals surface area (Å²) in [4.78, 5) is 13.9. The molecule has 166 valence electrons. The van der Waals surface area contributed by atoms with Gasteiger partial charge in [0.15, 0.2) is 16.6 Å². The molecule has 1 saturated carbocycles. The molecule has 0 radical (unpaired) electrons. The van der Waals surface area contributed by atoms with Gasteiger partial charge in [0.2, 0.25) is 6.79 Å². The van der Waals surface area contributed by atoms with Gasteiger partial charge in [0.1, 0.15) is 5.00 Å². The first-order valence-corrected chi connectivity index (χ1v) is 12.0. The fourth-order valence-corrected chi connectivity index (χ4v) is 5.52. The Morgan fingerprint density at radius 3 is 2.77 bits per heavy atom. The van der Waals surface area contributed by atoms with E-state index in [2.05, 4.69) is 10.6 Å². The van der Waals surface area contributed by atoms with Crippen LogP contribution in [0.5, 0.6) is 11.5 Å². The van der Waals surface area contributed by atoms with Gasteiger partial charge < -0.3 is 24.8 Å². The van der Waals surface area contributed by atoms with E-state index in [-0.39, 0.29) is 12.8 Å². The summed E-state index contributed by atoms with van der Waals surface area (Å²) in [5.41, 5.74) is 2.56. The van der Waals surface area contributed by atoms with Crippen LogP contribution in [0.15, 0.2) is 18.2 Å². The highest BCUT2D eigenvalue weighted by molar-refractivity contribution is 7.80. The monoisotopic (exact) mass is 460 g/mol. The highest BCUT2D eigenvalue weighted by Gasteiger charge is 2.25. The summed E-state index contributed by atoms with van der Waals surface area (Å²) in [5.74, 6) is 1.16. The molecule has 2 aromatic rings. The van der Waals surface area contributed by atoms with E-state index < -0.39 is 0 Å². The summed E-state index contributed by atoms with van der Waals surface area (Å²) in [7, 11) is 0.